The minimum atomic E-state index is -0.183. The molecule has 1 fully saturated rings. The van der Waals surface area contributed by atoms with Gasteiger partial charge in [0.25, 0.3) is 0 Å². The lowest BCUT2D eigenvalue weighted by Gasteiger charge is -2.27. The average molecular weight is 262 g/mol. The number of aliphatic hydroxyl groups excluding tert-OH is 1. The number of ether oxygens (including phenoxy) is 1. The third kappa shape index (κ3) is 3.73. The molecule has 1 aromatic rings. The van der Waals surface area contributed by atoms with Gasteiger partial charge in [0.2, 0.25) is 0 Å². The fourth-order valence-corrected chi connectivity index (χ4v) is 2.61. The van der Waals surface area contributed by atoms with Gasteiger partial charge in [-0.05, 0) is 48.8 Å². The maximum atomic E-state index is 9.66. The molecule has 1 aliphatic rings. The normalized spacial score (nSPS) is 24.2. The molecule has 0 bridgehead atoms. The zero-order chi connectivity index (χ0) is 13.9. The van der Waals surface area contributed by atoms with Gasteiger partial charge in [-0.3, -0.25) is 0 Å². The van der Waals surface area contributed by atoms with Gasteiger partial charge in [-0.1, -0.05) is 32.9 Å². The van der Waals surface area contributed by atoms with Crippen molar-refractivity contribution in [3.8, 4) is 5.75 Å². The van der Waals surface area contributed by atoms with Gasteiger partial charge < -0.3 is 9.84 Å². The predicted molar refractivity (Wildman–Crippen MR) is 78.6 cm³/mol. The lowest BCUT2D eigenvalue weighted by molar-refractivity contribution is 0.0536. The molecule has 0 aromatic heterocycles. The molecule has 1 saturated carbocycles. The molecule has 0 spiro atoms. The Hall–Kier alpha value is -1.02. The van der Waals surface area contributed by atoms with Crippen molar-refractivity contribution >= 4 is 0 Å². The highest BCUT2D eigenvalue weighted by Crippen LogP contribution is 2.29. The van der Waals surface area contributed by atoms with Crippen molar-refractivity contribution in [2.24, 2.45) is 0 Å². The Morgan fingerprint density at radius 1 is 1.21 bits per heavy atom. The fourth-order valence-electron chi connectivity index (χ4n) is 2.61. The number of aliphatic hydroxyl groups is 1. The molecule has 0 aliphatic heterocycles. The van der Waals surface area contributed by atoms with Crippen molar-refractivity contribution in [1.29, 1.82) is 0 Å². The van der Waals surface area contributed by atoms with Crippen LogP contribution in [0.25, 0.3) is 0 Å². The number of hydrogen-bond acceptors (Lipinski definition) is 2. The van der Waals surface area contributed by atoms with E-state index >= 15 is 0 Å². The Kier molecular flexibility index (Phi) is 4.51. The van der Waals surface area contributed by atoms with Gasteiger partial charge in [0, 0.05) is 6.42 Å². The van der Waals surface area contributed by atoms with Crippen LogP contribution < -0.4 is 4.74 Å². The van der Waals surface area contributed by atoms with E-state index in [2.05, 4.69) is 45.0 Å². The lowest BCUT2D eigenvalue weighted by atomic mass is 9.82. The zero-order valence-corrected chi connectivity index (χ0v) is 12.4. The first kappa shape index (κ1) is 14.4. The summed E-state index contributed by atoms with van der Waals surface area (Å²) in [5.74, 6) is 0.926. The highest BCUT2D eigenvalue weighted by molar-refractivity contribution is 5.31. The lowest BCUT2D eigenvalue weighted by Crippen LogP contribution is -2.28. The van der Waals surface area contributed by atoms with Crippen molar-refractivity contribution in [3.63, 3.8) is 0 Å². The second kappa shape index (κ2) is 5.96. The summed E-state index contributed by atoms with van der Waals surface area (Å²) in [5.41, 5.74) is 1.57. The van der Waals surface area contributed by atoms with Crippen molar-refractivity contribution in [2.75, 3.05) is 0 Å². The van der Waals surface area contributed by atoms with E-state index in [9.17, 15) is 5.11 Å². The molecule has 0 amide bonds. The van der Waals surface area contributed by atoms with Gasteiger partial charge in [0.05, 0.1) is 6.10 Å². The van der Waals surface area contributed by atoms with Gasteiger partial charge in [0.1, 0.15) is 11.9 Å². The first-order valence-corrected chi connectivity index (χ1v) is 7.46. The SMILES string of the molecule is CCC(C)(C)c1ccc(OC2CCCC(O)C2)cc1. The van der Waals surface area contributed by atoms with E-state index in [1.165, 1.54) is 5.56 Å². The summed E-state index contributed by atoms with van der Waals surface area (Å²) in [6.45, 7) is 6.74. The zero-order valence-electron chi connectivity index (χ0n) is 12.4. The van der Waals surface area contributed by atoms with E-state index < -0.39 is 0 Å². The van der Waals surface area contributed by atoms with Crippen LogP contribution in [0.3, 0.4) is 0 Å². The molecule has 1 N–H and O–H groups in total. The largest absolute Gasteiger partial charge is 0.490 e. The van der Waals surface area contributed by atoms with Crippen LogP contribution in [0.1, 0.15) is 58.4 Å². The first-order chi connectivity index (χ1) is 9.01. The van der Waals surface area contributed by atoms with Crippen molar-refractivity contribution in [2.45, 2.75) is 70.5 Å². The molecule has 2 nitrogen and oxygen atoms in total. The van der Waals surface area contributed by atoms with Gasteiger partial charge in [0.15, 0.2) is 0 Å². The minimum Gasteiger partial charge on any atom is -0.490 e. The van der Waals surface area contributed by atoms with Crippen LogP contribution in [0, 0.1) is 0 Å². The van der Waals surface area contributed by atoms with Gasteiger partial charge in [-0.2, -0.15) is 0 Å². The topological polar surface area (TPSA) is 29.5 Å². The Morgan fingerprint density at radius 3 is 2.47 bits per heavy atom. The third-order valence-electron chi connectivity index (χ3n) is 4.42. The molecule has 2 atom stereocenters. The minimum absolute atomic E-state index is 0.175. The molecule has 1 aromatic carbocycles. The second-order valence-electron chi connectivity index (χ2n) is 6.32. The standard InChI is InChI=1S/C17H26O2/c1-4-17(2,3)13-8-10-15(11-9-13)19-16-7-5-6-14(18)12-16/h8-11,14,16,18H,4-7,12H2,1-3H3. The Balaban J connectivity index is 1.99. The molecule has 0 heterocycles. The molecule has 106 valence electrons. The van der Waals surface area contributed by atoms with Crippen molar-refractivity contribution in [3.05, 3.63) is 29.8 Å². The van der Waals surface area contributed by atoms with E-state index in [0.29, 0.717) is 0 Å². The van der Waals surface area contributed by atoms with Crippen molar-refractivity contribution < 1.29 is 9.84 Å². The van der Waals surface area contributed by atoms with Crippen LogP contribution >= 0.6 is 0 Å². The smallest absolute Gasteiger partial charge is 0.119 e. The van der Waals surface area contributed by atoms with Crippen LogP contribution in [-0.4, -0.2) is 17.3 Å². The van der Waals surface area contributed by atoms with Gasteiger partial charge in [-0.25, -0.2) is 0 Å². The van der Waals surface area contributed by atoms with Gasteiger partial charge >= 0.3 is 0 Å². The van der Waals surface area contributed by atoms with E-state index in [0.717, 1.165) is 37.9 Å². The Bertz CT molecular complexity index is 394. The summed E-state index contributed by atoms with van der Waals surface area (Å²) in [7, 11) is 0. The average Bonchev–Trinajstić information content (AvgIpc) is 2.39. The molecular formula is C17H26O2. The molecule has 0 radical (unpaired) electrons. The molecule has 19 heavy (non-hydrogen) atoms. The summed E-state index contributed by atoms with van der Waals surface area (Å²) in [5, 5.41) is 9.66. The van der Waals surface area contributed by atoms with Gasteiger partial charge in [-0.15, -0.1) is 0 Å². The maximum Gasteiger partial charge on any atom is 0.119 e. The predicted octanol–water partition coefficient (Wildman–Crippen LogP) is 4.06. The Labute approximate surface area is 116 Å². The summed E-state index contributed by atoms with van der Waals surface area (Å²) in [6, 6.07) is 8.46. The van der Waals surface area contributed by atoms with Crippen LogP contribution in [0.4, 0.5) is 0 Å². The summed E-state index contributed by atoms with van der Waals surface area (Å²) in [6.07, 6.45) is 4.92. The quantitative estimate of drug-likeness (QED) is 0.886. The van der Waals surface area contributed by atoms with Crippen LogP contribution in [0.2, 0.25) is 0 Å². The molecule has 2 heteroatoms. The second-order valence-corrected chi connectivity index (χ2v) is 6.32. The Morgan fingerprint density at radius 2 is 1.89 bits per heavy atom. The summed E-state index contributed by atoms with van der Waals surface area (Å²) >= 11 is 0. The molecule has 1 aliphatic carbocycles. The van der Waals surface area contributed by atoms with E-state index in [4.69, 9.17) is 4.74 Å². The number of rotatable bonds is 4. The summed E-state index contributed by atoms with van der Waals surface area (Å²) in [4.78, 5) is 0. The van der Waals surface area contributed by atoms with E-state index in [1.54, 1.807) is 0 Å². The summed E-state index contributed by atoms with van der Waals surface area (Å²) < 4.78 is 5.97. The highest BCUT2D eigenvalue weighted by atomic mass is 16.5. The van der Waals surface area contributed by atoms with E-state index in [1.807, 2.05) is 0 Å². The fraction of sp³-hybridized carbons (Fsp3) is 0.647. The highest BCUT2D eigenvalue weighted by Gasteiger charge is 2.22. The molecule has 2 unspecified atom stereocenters. The molecule has 0 saturated heterocycles. The maximum absolute atomic E-state index is 9.66. The first-order valence-electron chi connectivity index (χ1n) is 7.46. The van der Waals surface area contributed by atoms with E-state index in [-0.39, 0.29) is 17.6 Å². The number of hydrogen-bond donors (Lipinski definition) is 1. The van der Waals surface area contributed by atoms with Crippen LogP contribution in [-0.2, 0) is 5.41 Å². The number of benzene rings is 1. The van der Waals surface area contributed by atoms with Crippen molar-refractivity contribution in [1.82, 2.24) is 0 Å². The molecule has 2 rings (SSSR count). The van der Waals surface area contributed by atoms with Crippen LogP contribution in [0.5, 0.6) is 5.75 Å². The van der Waals surface area contributed by atoms with Crippen LogP contribution in [0.15, 0.2) is 24.3 Å². The molecular weight excluding hydrogens is 236 g/mol. The third-order valence-corrected chi connectivity index (χ3v) is 4.42. The monoisotopic (exact) mass is 262 g/mol.